The average molecular weight is 568 g/mol. The van der Waals surface area contributed by atoms with Gasteiger partial charge in [-0.15, -0.1) is 0 Å². The number of aromatic nitrogens is 3. The van der Waals surface area contributed by atoms with Gasteiger partial charge < -0.3 is 4.74 Å². The van der Waals surface area contributed by atoms with Crippen LogP contribution in [-0.2, 0) is 5.60 Å². The summed E-state index contributed by atoms with van der Waals surface area (Å²) in [5.74, 6) is 2.84. The highest BCUT2D eigenvalue weighted by Gasteiger charge is 2.34. The van der Waals surface area contributed by atoms with Gasteiger partial charge in [0.25, 0.3) is 0 Å². The Balaban J connectivity index is 1.24. The normalized spacial score (nSPS) is 13.1. The van der Waals surface area contributed by atoms with Crippen LogP contribution in [0, 0.1) is 0 Å². The van der Waals surface area contributed by atoms with E-state index in [4.69, 9.17) is 19.7 Å². The third kappa shape index (κ3) is 4.52. The molecular weight excluding hydrogens is 538 g/mol. The van der Waals surface area contributed by atoms with Crippen LogP contribution in [0.3, 0.4) is 0 Å². The lowest BCUT2D eigenvalue weighted by Crippen LogP contribution is -2.29. The van der Waals surface area contributed by atoms with Crippen molar-refractivity contribution in [3.63, 3.8) is 0 Å². The van der Waals surface area contributed by atoms with E-state index in [0.717, 1.165) is 39.1 Å². The molecule has 0 saturated carbocycles. The van der Waals surface area contributed by atoms with Crippen molar-refractivity contribution < 1.29 is 4.74 Å². The number of benzene rings is 6. The van der Waals surface area contributed by atoms with Crippen LogP contribution in [0.4, 0.5) is 0 Å². The maximum Gasteiger partial charge on any atom is 0.164 e. The summed E-state index contributed by atoms with van der Waals surface area (Å²) < 4.78 is 6.63. The highest BCUT2D eigenvalue weighted by atomic mass is 16.5. The van der Waals surface area contributed by atoms with Crippen LogP contribution in [0.2, 0.25) is 0 Å². The first-order chi connectivity index (χ1) is 21.5. The Bertz CT molecular complexity index is 2100. The van der Waals surface area contributed by atoms with E-state index in [0.29, 0.717) is 17.5 Å². The Hall–Kier alpha value is -5.61. The van der Waals surface area contributed by atoms with Gasteiger partial charge in [0, 0.05) is 27.8 Å². The number of fused-ring (bicyclic) bond motifs is 4. The summed E-state index contributed by atoms with van der Waals surface area (Å²) in [4.78, 5) is 14.6. The number of rotatable bonds is 4. The maximum atomic E-state index is 6.63. The van der Waals surface area contributed by atoms with Crippen LogP contribution < -0.4 is 4.74 Å². The van der Waals surface area contributed by atoms with Gasteiger partial charge in [0.2, 0.25) is 0 Å². The highest BCUT2D eigenvalue weighted by molar-refractivity contribution is 5.96. The van der Waals surface area contributed by atoms with Gasteiger partial charge in [0.05, 0.1) is 0 Å². The Labute approximate surface area is 256 Å². The quantitative estimate of drug-likeness (QED) is 0.212. The third-order valence-electron chi connectivity index (χ3n) is 8.35. The van der Waals surface area contributed by atoms with Crippen molar-refractivity contribution in [2.45, 2.75) is 19.4 Å². The number of hydrogen-bond acceptors (Lipinski definition) is 4. The molecule has 4 nitrogen and oxygen atoms in total. The molecule has 0 aliphatic carbocycles. The summed E-state index contributed by atoms with van der Waals surface area (Å²) in [5, 5.41) is 2.44. The van der Waals surface area contributed by atoms with E-state index in [9.17, 15) is 0 Å². The van der Waals surface area contributed by atoms with E-state index < -0.39 is 5.60 Å². The largest absolute Gasteiger partial charge is 0.482 e. The molecule has 1 aromatic heterocycles. The van der Waals surface area contributed by atoms with Crippen molar-refractivity contribution in [3.05, 3.63) is 145 Å². The number of nitrogens with zero attached hydrogens (tertiary/aromatic N) is 3. The summed E-state index contributed by atoms with van der Waals surface area (Å²) in [6.45, 7) is 4.29. The number of ether oxygens (including phenoxy) is 1. The van der Waals surface area contributed by atoms with Crippen LogP contribution in [0.5, 0.6) is 5.75 Å². The molecule has 0 fully saturated rings. The smallest absolute Gasteiger partial charge is 0.164 e. The molecule has 0 N–H and O–H groups in total. The lowest BCUT2D eigenvalue weighted by Gasteiger charge is -2.36. The summed E-state index contributed by atoms with van der Waals surface area (Å²) in [5.41, 5.74) is 8.16. The molecule has 4 heteroatoms. The molecule has 0 bridgehead atoms. The van der Waals surface area contributed by atoms with Crippen LogP contribution >= 0.6 is 0 Å². The molecule has 210 valence electrons. The van der Waals surface area contributed by atoms with Gasteiger partial charge in [0.1, 0.15) is 11.4 Å². The minimum atomic E-state index is -0.444. The van der Waals surface area contributed by atoms with Crippen molar-refractivity contribution in [1.29, 1.82) is 0 Å². The Kier molecular flexibility index (Phi) is 6.09. The zero-order valence-electron chi connectivity index (χ0n) is 24.5. The first-order valence-electron chi connectivity index (χ1n) is 14.9. The molecule has 1 aliphatic heterocycles. The highest BCUT2D eigenvalue weighted by Crippen LogP contribution is 2.50. The molecule has 8 rings (SSSR count). The predicted molar refractivity (Wildman–Crippen MR) is 178 cm³/mol. The average Bonchev–Trinajstić information content (AvgIpc) is 3.08. The first kappa shape index (κ1) is 26.1. The molecule has 44 heavy (non-hydrogen) atoms. The molecule has 0 unspecified atom stereocenters. The van der Waals surface area contributed by atoms with Crippen LogP contribution in [0.1, 0.15) is 19.4 Å². The van der Waals surface area contributed by atoms with E-state index in [1.165, 1.54) is 21.9 Å². The molecule has 0 atom stereocenters. The Morgan fingerprint density at radius 3 is 1.55 bits per heavy atom. The molecule has 0 radical (unpaired) electrons. The molecule has 7 aromatic rings. The van der Waals surface area contributed by atoms with E-state index >= 15 is 0 Å². The predicted octanol–water partition coefficient (Wildman–Crippen LogP) is 9.99. The fourth-order valence-corrected chi connectivity index (χ4v) is 6.15. The van der Waals surface area contributed by atoms with E-state index in [-0.39, 0.29) is 0 Å². The van der Waals surface area contributed by atoms with Crippen LogP contribution in [0.25, 0.3) is 67.2 Å². The lowest BCUT2D eigenvalue weighted by atomic mass is 9.81. The van der Waals surface area contributed by atoms with Gasteiger partial charge in [-0.2, -0.15) is 0 Å². The second kappa shape index (κ2) is 10.3. The molecule has 0 amide bonds. The minimum Gasteiger partial charge on any atom is -0.482 e. The SMILES string of the molecule is CC1(C)Oc2cccc(-c3ccc(-c4nc(-c5ccccc5)nc(-c5ccccc5)n4)cc3)c2-c2cc3ccccc3cc21. The Morgan fingerprint density at radius 2 is 0.955 bits per heavy atom. The first-order valence-corrected chi connectivity index (χ1v) is 14.9. The zero-order valence-corrected chi connectivity index (χ0v) is 24.5. The summed E-state index contributed by atoms with van der Waals surface area (Å²) in [6, 6.07) is 48.1. The molecule has 2 heterocycles. The topological polar surface area (TPSA) is 47.9 Å². The lowest BCUT2D eigenvalue weighted by molar-refractivity contribution is 0.106. The van der Waals surface area contributed by atoms with Crippen LogP contribution in [-0.4, -0.2) is 15.0 Å². The van der Waals surface area contributed by atoms with Gasteiger partial charge in [-0.1, -0.05) is 121 Å². The fraction of sp³-hybridized carbons (Fsp3) is 0.0750. The van der Waals surface area contributed by atoms with Gasteiger partial charge in [-0.3, -0.25) is 0 Å². The standard InChI is InChI=1S/C40H29N3O/c1-40(2)34-25-31-17-10-9-16-30(31)24-33(34)36-32(18-11-19-35(36)44-40)26-20-22-29(23-21-26)39-42-37(27-12-5-3-6-13-27)41-38(43-39)28-14-7-4-8-15-28/h3-25H,1-2H3. The van der Waals surface area contributed by atoms with E-state index in [2.05, 4.69) is 92.7 Å². The Morgan fingerprint density at radius 1 is 0.455 bits per heavy atom. The zero-order chi connectivity index (χ0) is 29.7. The molecule has 0 saturated heterocycles. The second-order valence-electron chi connectivity index (χ2n) is 11.7. The second-order valence-corrected chi connectivity index (χ2v) is 11.7. The fourth-order valence-electron chi connectivity index (χ4n) is 6.15. The van der Waals surface area contributed by atoms with E-state index in [1.807, 2.05) is 60.7 Å². The summed E-state index contributed by atoms with van der Waals surface area (Å²) in [7, 11) is 0. The van der Waals surface area contributed by atoms with Gasteiger partial charge in [0.15, 0.2) is 17.5 Å². The van der Waals surface area contributed by atoms with Crippen molar-refractivity contribution in [1.82, 2.24) is 15.0 Å². The summed E-state index contributed by atoms with van der Waals surface area (Å²) >= 11 is 0. The van der Waals surface area contributed by atoms with E-state index in [1.54, 1.807) is 0 Å². The summed E-state index contributed by atoms with van der Waals surface area (Å²) in [6.07, 6.45) is 0. The van der Waals surface area contributed by atoms with Crippen LogP contribution in [0.15, 0.2) is 140 Å². The van der Waals surface area contributed by atoms with Gasteiger partial charge >= 0.3 is 0 Å². The third-order valence-corrected chi connectivity index (χ3v) is 8.35. The van der Waals surface area contributed by atoms with Gasteiger partial charge in [-0.05, 0) is 59.5 Å². The number of hydrogen-bond donors (Lipinski definition) is 0. The molecule has 1 aliphatic rings. The maximum absolute atomic E-state index is 6.63. The monoisotopic (exact) mass is 567 g/mol. The van der Waals surface area contributed by atoms with Crippen molar-refractivity contribution in [2.75, 3.05) is 0 Å². The molecule has 6 aromatic carbocycles. The van der Waals surface area contributed by atoms with Crippen molar-refractivity contribution in [2.24, 2.45) is 0 Å². The minimum absolute atomic E-state index is 0.444. The van der Waals surface area contributed by atoms with Crippen molar-refractivity contribution >= 4 is 10.8 Å². The molecule has 0 spiro atoms. The molecular formula is C40H29N3O. The van der Waals surface area contributed by atoms with Crippen molar-refractivity contribution in [3.8, 4) is 62.2 Å². The van der Waals surface area contributed by atoms with Gasteiger partial charge in [-0.25, -0.2) is 15.0 Å².